The van der Waals surface area contributed by atoms with Gasteiger partial charge in [0.1, 0.15) is 6.04 Å². The summed E-state index contributed by atoms with van der Waals surface area (Å²) in [6.07, 6.45) is 1.27. The van der Waals surface area contributed by atoms with Crippen LogP contribution < -0.4 is 5.32 Å². The summed E-state index contributed by atoms with van der Waals surface area (Å²) in [5.74, 6) is 0.668. The first-order valence-electron chi connectivity index (χ1n) is 6.29. The number of rotatable bonds is 4. The van der Waals surface area contributed by atoms with Crippen molar-refractivity contribution in [2.75, 3.05) is 13.1 Å². The van der Waals surface area contributed by atoms with Crippen molar-refractivity contribution in [3.05, 3.63) is 0 Å². The third kappa shape index (κ3) is 4.01. The molecule has 1 amide bonds. The van der Waals surface area contributed by atoms with E-state index in [1.165, 1.54) is 0 Å². The lowest BCUT2D eigenvalue weighted by atomic mass is 9.96. The topological polar surface area (TPSA) is 56.1 Å². The summed E-state index contributed by atoms with van der Waals surface area (Å²) < 4.78 is 0. The molecule has 0 spiro atoms. The number of nitrogens with zero attached hydrogens (tertiary/aromatic N) is 2. The second-order valence-electron chi connectivity index (χ2n) is 5.89. The molecule has 1 N–H and O–H groups in total. The van der Waals surface area contributed by atoms with Gasteiger partial charge in [0.2, 0.25) is 5.91 Å². The molecule has 4 heteroatoms. The van der Waals surface area contributed by atoms with Crippen molar-refractivity contribution in [2.24, 2.45) is 5.92 Å². The summed E-state index contributed by atoms with van der Waals surface area (Å²) in [6.45, 7) is 9.98. The maximum atomic E-state index is 12.1. The molecule has 0 radical (unpaired) electrons. The molecule has 0 aliphatic carbocycles. The first-order chi connectivity index (χ1) is 7.85. The average Bonchev–Trinajstić information content (AvgIpc) is 2.20. The van der Waals surface area contributed by atoms with E-state index in [4.69, 9.17) is 5.26 Å². The van der Waals surface area contributed by atoms with Gasteiger partial charge in [-0.3, -0.25) is 10.1 Å². The summed E-state index contributed by atoms with van der Waals surface area (Å²) in [4.78, 5) is 14.0. The van der Waals surface area contributed by atoms with Crippen LogP contribution in [-0.2, 0) is 4.79 Å². The van der Waals surface area contributed by atoms with Gasteiger partial charge in [0.15, 0.2) is 0 Å². The molecular weight excluding hydrogens is 214 g/mol. The Bertz CT molecular complexity index is 317. The zero-order valence-corrected chi connectivity index (χ0v) is 11.3. The van der Waals surface area contributed by atoms with Crippen LogP contribution in [-0.4, -0.2) is 35.5 Å². The Morgan fingerprint density at radius 3 is 2.76 bits per heavy atom. The first-order valence-corrected chi connectivity index (χ1v) is 6.29. The SMILES string of the molecule is CC(C)CCN1CC(C)(C)NC(CC#N)C1=O. The Kier molecular flexibility index (Phi) is 4.53. The van der Waals surface area contributed by atoms with Crippen LogP contribution in [0.25, 0.3) is 0 Å². The van der Waals surface area contributed by atoms with Gasteiger partial charge >= 0.3 is 0 Å². The molecule has 1 rings (SSSR count). The first kappa shape index (κ1) is 14.0. The number of hydrogen-bond donors (Lipinski definition) is 1. The molecule has 1 aliphatic rings. The monoisotopic (exact) mass is 237 g/mol. The lowest BCUT2D eigenvalue weighted by molar-refractivity contribution is -0.138. The van der Waals surface area contributed by atoms with Crippen LogP contribution in [0.2, 0.25) is 0 Å². The van der Waals surface area contributed by atoms with E-state index in [0.717, 1.165) is 19.5 Å². The average molecular weight is 237 g/mol. The molecule has 1 heterocycles. The zero-order chi connectivity index (χ0) is 13.1. The third-order valence-electron chi connectivity index (χ3n) is 3.03. The van der Waals surface area contributed by atoms with E-state index < -0.39 is 0 Å². The van der Waals surface area contributed by atoms with Crippen molar-refractivity contribution in [3.63, 3.8) is 0 Å². The minimum atomic E-state index is -0.337. The molecule has 4 nitrogen and oxygen atoms in total. The number of nitrogens with one attached hydrogen (secondary N) is 1. The molecule has 0 aromatic heterocycles. The Hall–Kier alpha value is -1.08. The third-order valence-corrected chi connectivity index (χ3v) is 3.03. The zero-order valence-electron chi connectivity index (χ0n) is 11.3. The molecular formula is C13H23N3O. The minimum absolute atomic E-state index is 0.0755. The normalized spacial score (nSPS) is 23.9. The van der Waals surface area contributed by atoms with Crippen LogP contribution in [0.4, 0.5) is 0 Å². The highest BCUT2D eigenvalue weighted by atomic mass is 16.2. The van der Waals surface area contributed by atoms with Gasteiger partial charge in [0.25, 0.3) is 0 Å². The maximum absolute atomic E-state index is 12.1. The standard InChI is InChI=1S/C13H23N3O/c1-10(2)6-8-16-9-13(3,4)15-11(5-7-14)12(16)17/h10-11,15H,5-6,8-9H2,1-4H3. The predicted octanol–water partition coefficient (Wildman–Crippen LogP) is 1.53. The van der Waals surface area contributed by atoms with Gasteiger partial charge in [-0.1, -0.05) is 13.8 Å². The summed E-state index contributed by atoms with van der Waals surface area (Å²) in [5.41, 5.74) is -0.105. The van der Waals surface area contributed by atoms with Gasteiger partial charge in [-0.05, 0) is 26.2 Å². The molecule has 0 bridgehead atoms. The summed E-state index contributed by atoms with van der Waals surface area (Å²) >= 11 is 0. The Morgan fingerprint density at radius 2 is 2.24 bits per heavy atom. The van der Waals surface area contributed by atoms with Crippen LogP contribution in [0.1, 0.15) is 40.5 Å². The molecule has 1 atom stereocenters. The van der Waals surface area contributed by atoms with Crippen molar-refractivity contribution >= 4 is 5.91 Å². The molecule has 1 fully saturated rings. The predicted molar refractivity (Wildman–Crippen MR) is 67.3 cm³/mol. The van der Waals surface area contributed by atoms with E-state index in [9.17, 15) is 4.79 Å². The summed E-state index contributed by atoms with van der Waals surface area (Å²) in [6, 6.07) is 1.74. The molecule has 0 aromatic carbocycles. The van der Waals surface area contributed by atoms with Crippen molar-refractivity contribution in [2.45, 2.75) is 52.1 Å². The van der Waals surface area contributed by atoms with Gasteiger partial charge in [0.05, 0.1) is 12.5 Å². The smallest absolute Gasteiger partial charge is 0.240 e. The quantitative estimate of drug-likeness (QED) is 0.806. The molecule has 0 saturated carbocycles. The van der Waals surface area contributed by atoms with Crippen molar-refractivity contribution in [3.8, 4) is 6.07 Å². The highest BCUT2D eigenvalue weighted by Gasteiger charge is 2.37. The second kappa shape index (κ2) is 5.50. The second-order valence-corrected chi connectivity index (χ2v) is 5.89. The van der Waals surface area contributed by atoms with Gasteiger partial charge in [-0.25, -0.2) is 0 Å². The molecule has 1 saturated heterocycles. The number of piperazine rings is 1. The Morgan fingerprint density at radius 1 is 1.59 bits per heavy atom. The van der Waals surface area contributed by atoms with E-state index in [1.54, 1.807) is 0 Å². The van der Waals surface area contributed by atoms with E-state index >= 15 is 0 Å². The fraction of sp³-hybridized carbons (Fsp3) is 0.846. The Labute approximate surface area is 104 Å². The fourth-order valence-electron chi connectivity index (χ4n) is 2.19. The number of carbonyl (C=O) groups excluding carboxylic acids is 1. The van der Waals surface area contributed by atoms with Crippen LogP contribution in [0.3, 0.4) is 0 Å². The molecule has 96 valence electrons. The van der Waals surface area contributed by atoms with E-state index in [2.05, 4.69) is 39.1 Å². The van der Waals surface area contributed by atoms with Crippen LogP contribution in [0, 0.1) is 17.2 Å². The number of amides is 1. The fourth-order valence-corrected chi connectivity index (χ4v) is 2.19. The molecule has 0 aromatic rings. The van der Waals surface area contributed by atoms with Crippen molar-refractivity contribution in [1.29, 1.82) is 5.26 Å². The van der Waals surface area contributed by atoms with Crippen molar-refractivity contribution < 1.29 is 4.79 Å². The summed E-state index contributed by atoms with van der Waals surface area (Å²) in [7, 11) is 0. The van der Waals surface area contributed by atoms with E-state index in [-0.39, 0.29) is 23.9 Å². The summed E-state index contributed by atoms with van der Waals surface area (Å²) in [5, 5.41) is 12.0. The largest absolute Gasteiger partial charge is 0.339 e. The van der Waals surface area contributed by atoms with E-state index in [0.29, 0.717) is 5.92 Å². The van der Waals surface area contributed by atoms with Crippen LogP contribution in [0.15, 0.2) is 0 Å². The molecule has 17 heavy (non-hydrogen) atoms. The lowest BCUT2D eigenvalue weighted by Gasteiger charge is -2.43. The Balaban J connectivity index is 2.68. The number of hydrogen-bond acceptors (Lipinski definition) is 3. The highest BCUT2D eigenvalue weighted by Crippen LogP contribution is 2.18. The molecule has 1 aliphatic heterocycles. The number of nitriles is 1. The maximum Gasteiger partial charge on any atom is 0.240 e. The van der Waals surface area contributed by atoms with Crippen LogP contribution in [0.5, 0.6) is 0 Å². The lowest BCUT2D eigenvalue weighted by Crippen LogP contribution is -2.64. The number of carbonyl (C=O) groups is 1. The van der Waals surface area contributed by atoms with Gasteiger partial charge in [-0.15, -0.1) is 0 Å². The van der Waals surface area contributed by atoms with Gasteiger partial charge in [-0.2, -0.15) is 5.26 Å². The minimum Gasteiger partial charge on any atom is -0.339 e. The van der Waals surface area contributed by atoms with Gasteiger partial charge < -0.3 is 4.90 Å². The van der Waals surface area contributed by atoms with Crippen molar-refractivity contribution in [1.82, 2.24) is 10.2 Å². The highest BCUT2D eigenvalue weighted by molar-refractivity contribution is 5.83. The van der Waals surface area contributed by atoms with Crippen LogP contribution >= 0.6 is 0 Å². The van der Waals surface area contributed by atoms with E-state index in [1.807, 2.05) is 4.90 Å². The van der Waals surface area contributed by atoms with Gasteiger partial charge in [0, 0.05) is 18.6 Å². The molecule has 1 unspecified atom stereocenters.